The Hall–Kier alpha value is -1.88. The molecule has 0 aliphatic rings. The molecule has 4 nitrogen and oxygen atoms in total. The molecule has 0 aliphatic carbocycles. The van der Waals surface area contributed by atoms with Gasteiger partial charge in [0.15, 0.2) is 0 Å². The summed E-state index contributed by atoms with van der Waals surface area (Å²) in [4.78, 5) is 14.5. The molecule has 2 rings (SSSR count). The van der Waals surface area contributed by atoms with Crippen LogP contribution in [0, 0.1) is 0 Å². The molecule has 0 heterocycles. The number of carbonyl (C=O) groups is 1. The third-order valence-corrected chi connectivity index (χ3v) is 3.45. The number of benzene rings is 2. The predicted octanol–water partition coefficient (Wildman–Crippen LogP) is 2.45. The minimum Gasteiger partial charge on any atom is -0.462 e. The van der Waals surface area contributed by atoms with Crippen LogP contribution in [0.5, 0.6) is 0 Å². The first kappa shape index (κ1) is 19.2. The zero-order valence-corrected chi connectivity index (χ0v) is 14.1. The lowest BCUT2D eigenvalue weighted by Gasteiger charge is -2.27. The van der Waals surface area contributed by atoms with Crippen molar-refractivity contribution in [2.45, 2.75) is 5.60 Å². The van der Waals surface area contributed by atoms with Crippen molar-refractivity contribution in [1.82, 2.24) is 4.90 Å². The molecule has 0 aliphatic heterocycles. The summed E-state index contributed by atoms with van der Waals surface area (Å²) in [6.45, 7) is 0.833. The van der Waals surface area contributed by atoms with Gasteiger partial charge in [-0.15, -0.1) is 12.4 Å². The molecule has 0 atom stereocenters. The SMILES string of the molecule is CN(C)CCOC(=O)C(O)(c1ccccc1)c1ccccc1.Cl. The molecule has 23 heavy (non-hydrogen) atoms. The number of carbonyl (C=O) groups excluding carboxylic acids is 1. The predicted molar refractivity (Wildman–Crippen MR) is 92.6 cm³/mol. The second-order valence-corrected chi connectivity index (χ2v) is 5.38. The zero-order chi connectivity index (χ0) is 16.0. The van der Waals surface area contributed by atoms with Gasteiger partial charge in [-0.3, -0.25) is 0 Å². The van der Waals surface area contributed by atoms with E-state index in [1.165, 1.54) is 0 Å². The number of hydrogen-bond acceptors (Lipinski definition) is 4. The summed E-state index contributed by atoms with van der Waals surface area (Å²) in [6, 6.07) is 17.7. The lowest BCUT2D eigenvalue weighted by Crippen LogP contribution is -2.39. The van der Waals surface area contributed by atoms with Crippen LogP contribution in [0.2, 0.25) is 0 Å². The number of rotatable bonds is 6. The van der Waals surface area contributed by atoms with Crippen LogP contribution in [0.25, 0.3) is 0 Å². The standard InChI is InChI=1S/C18H21NO3.ClH/c1-19(2)13-14-22-17(20)18(21,15-9-5-3-6-10-15)16-11-7-4-8-12-16;/h3-12,21H,13-14H2,1-2H3;1H. The van der Waals surface area contributed by atoms with Crippen molar-refractivity contribution < 1.29 is 14.6 Å². The molecule has 0 amide bonds. The molecule has 5 heteroatoms. The van der Waals surface area contributed by atoms with Gasteiger partial charge in [0.1, 0.15) is 6.61 Å². The number of esters is 1. The Labute approximate surface area is 143 Å². The molecule has 0 saturated heterocycles. The summed E-state index contributed by atoms with van der Waals surface area (Å²) in [5, 5.41) is 11.1. The van der Waals surface area contributed by atoms with Crippen LogP contribution in [0.3, 0.4) is 0 Å². The molecule has 0 bridgehead atoms. The highest BCUT2D eigenvalue weighted by Gasteiger charge is 2.41. The fourth-order valence-corrected chi connectivity index (χ4v) is 2.19. The van der Waals surface area contributed by atoms with E-state index in [4.69, 9.17) is 4.74 Å². The van der Waals surface area contributed by atoms with Crippen molar-refractivity contribution in [3.8, 4) is 0 Å². The largest absolute Gasteiger partial charge is 0.462 e. The highest BCUT2D eigenvalue weighted by atomic mass is 35.5. The molecule has 0 unspecified atom stereocenters. The van der Waals surface area contributed by atoms with Crippen LogP contribution in [-0.4, -0.2) is 43.2 Å². The number of hydrogen-bond donors (Lipinski definition) is 1. The van der Waals surface area contributed by atoms with Gasteiger partial charge in [0.25, 0.3) is 0 Å². The van der Waals surface area contributed by atoms with Gasteiger partial charge in [0, 0.05) is 6.54 Å². The van der Waals surface area contributed by atoms with Gasteiger partial charge in [-0.2, -0.15) is 0 Å². The highest BCUT2D eigenvalue weighted by molar-refractivity contribution is 5.85. The van der Waals surface area contributed by atoms with Gasteiger partial charge < -0.3 is 14.7 Å². The summed E-state index contributed by atoms with van der Waals surface area (Å²) in [6.07, 6.45) is 0. The Bertz CT molecular complexity index is 563. The van der Waals surface area contributed by atoms with E-state index >= 15 is 0 Å². The molecule has 2 aromatic carbocycles. The average molecular weight is 336 g/mol. The van der Waals surface area contributed by atoms with Gasteiger partial charge in [-0.25, -0.2) is 4.79 Å². The maximum Gasteiger partial charge on any atom is 0.347 e. The van der Waals surface area contributed by atoms with E-state index < -0.39 is 11.6 Å². The number of likely N-dealkylation sites (N-methyl/N-ethyl adjacent to an activating group) is 1. The van der Waals surface area contributed by atoms with Gasteiger partial charge in [-0.1, -0.05) is 60.7 Å². The van der Waals surface area contributed by atoms with Crippen molar-refractivity contribution in [3.05, 3.63) is 71.8 Å². The van der Waals surface area contributed by atoms with Crippen LogP contribution in [0.4, 0.5) is 0 Å². The number of nitrogens with zero attached hydrogens (tertiary/aromatic N) is 1. The summed E-state index contributed by atoms with van der Waals surface area (Å²) in [5.41, 5.74) is -0.804. The van der Waals surface area contributed by atoms with E-state index in [2.05, 4.69) is 0 Å². The first-order chi connectivity index (χ1) is 10.5. The molecule has 0 fully saturated rings. The Kier molecular flexibility index (Phi) is 7.23. The van der Waals surface area contributed by atoms with Crippen molar-refractivity contribution in [1.29, 1.82) is 0 Å². The van der Waals surface area contributed by atoms with Gasteiger partial charge >= 0.3 is 5.97 Å². The fourth-order valence-electron chi connectivity index (χ4n) is 2.19. The quantitative estimate of drug-likeness (QED) is 0.824. The second kappa shape index (κ2) is 8.67. The van der Waals surface area contributed by atoms with E-state index in [9.17, 15) is 9.90 Å². The van der Waals surface area contributed by atoms with Gasteiger partial charge in [0.2, 0.25) is 5.60 Å². The molecular weight excluding hydrogens is 314 g/mol. The average Bonchev–Trinajstić information content (AvgIpc) is 2.55. The Morgan fingerprint density at radius 2 is 1.43 bits per heavy atom. The molecule has 0 aromatic heterocycles. The van der Waals surface area contributed by atoms with E-state index in [1.54, 1.807) is 48.5 Å². The zero-order valence-electron chi connectivity index (χ0n) is 13.3. The minimum atomic E-state index is -1.80. The Morgan fingerprint density at radius 1 is 1.00 bits per heavy atom. The Morgan fingerprint density at radius 3 is 1.83 bits per heavy atom. The molecular formula is C18H22ClNO3. The number of halogens is 1. The van der Waals surface area contributed by atoms with Crippen molar-refractivity contribution >= 4 is 18.4 Å². The Balaban J connectivity index is 0.00000264. The van der Waals surface area contributed by atoms with E-state index in [1.807, 2.05) is 31.1 Å². The molecule has 2 aromatic rings. The fraction of sp³-hybridized carbons (Fsp3) is 0.278. The second-order valence-electron chi connectivity index (χ2n) is 5.38. The molecule has 0 saturated carbocycles. The summed E-state index contributed by atoms with van der Waals surface area (Å²) in [5.74, 6) is -0.660. The van der Waals surface area contributed by atoms with Crippen molar-refractivity contribution in [3.63, 3.8) is 0 Å². The molecule has 0 radical (unpaired) electrons. The molecule has 0 spiro atoms. The normalized spacial score (nSPS) is 11.0. The third kappa shape index (κ3) is 4.55. The van der Waals surface area contributed by atoms with Crippen LogP contribution in [0.1, 0.15) is 11.1 Å². The van der Waals surface area contributed by atoms with Gasteiger partial charge in [0.05, 0.1) is 0 Å². The van der Waals surface area contributed by atoms with E-state index in [-0.39, 0.29) is 19.0 Å². The minimum absolute atomic E-state index is 0. The number of aliphatic hydroxyl groups is 1. The monoisotopic (exact) mass is 335 g/mol. The maximum atomic E-state index is 12.6. The smallest absolute Gasteiger partial charge is 0.347 e. The summed E-state index contributed by atoms with van der Waals surface area (Å²) < 4.78 is 5.30. The summed E-state index contributed by atoms with van der Waals surface area (Å²) >= 11 is 0. The first-order valence-electron chi connectivity index (χ1n) is 7.20. The lowest BCUT2D eigenvalue weighted by atomic mass is 9.86. The third-order valence-electron chi connectivity index (χ3n) is 3.45. The molecule has 1 N–H and O–H groups in total. The van der Waals surface area contributed by atoms with Crippen molar-refractivity contribution in [2.24, 2.45) is 0 Å². The summed E-state index contributed by atoms with van der Waals surface area (Å²) in [7, 11) is 3.79. The topological polar surface area (TPSA) is 49.8 Å². The van der Waals surface area contributed by atoms with Crippen LogP contribution in [-0.2, 0) is 15.1 Å². The van der Waals surface area contributed by atoms with Crippen LogP contribution in [0.15, 0.2) is 60.7 Å². The number of ether oxygens (including phenoxy) is 1. The molecule has 124 valence electrons. The first-order valence-corrected chi connectivity index (χ1v) is 7.20. The highest BCUT2D eigenvalue weighted by Crippen LogP contribution is 2.30. The van der Waals surface area contributed by atoms with Crippen LogP contribution >= 0.6 is 12.4 Å². The maximum absolute atomic E-state index is 12.6. The van der Waals surface area contributed by atoms with Gasteiger partial charge in [-0.05, 0) is 25.2 Å². The lowest BCUT2D eigenvalue weighted by molar-refractivity contribution is -0.162. The van der Waals surface area contributed by atoms with E-state index in [0.29, 0.717) is 17.7 Å². The van der Waals surface area contributed by atoms with E-state index in [0.717, 1.165) is 0 Å². The van der Waals surface area contributed by atoms with Crippen molar-refractivity contribution in [2.75, 3.05) is 27.2 Å². The van der Waals surface area contributed by atoms with Crippen LogP contribution < -0.4 is 0 Å².